The number of nitrogens with zero attached hydrogens (tertiary/aromatic N) is 2. The van der Waals surface area contributed by atoms with Crippen molar-refractivity contribution in [2.45, 2.75) is 6.54 Å². The number of hydrogen-bond donors (Lipinski definition) is 1. The fraction of sp³-hybridized carbons (Fsp3) is 0.111. The molecule has 84 valence electrons. The summed E-state index contributed by atoms with van der Waals surface area (Å²) in [5, 5.41) is 19.0. The van der Waals surface area contributed by atoms with Crippen LogP contribution in [-0.4, -0.2) is 20.6 Å². The summed E-state index contributed by atoms with van der Waals surface area (Å²) in [4.78, 5) is 31.6. The van der Waals surface area contributed by atoms with Crippen molar-refractivity contribution in [2.75, 3.05) is 0 Å². The van der Waals surface area contributed by atoms with Gasteiger partial charge in [-0.15, -0.1) is 0 Å². The largest absolute Gasteiger partial charge is 0.478 e. The van der Waals surface area contributed by atoms with Crippen LogP contribution in [0.3, 0.4) is 0 Å². The summed E-state index contributed by atoms with van der Waals surface area (Å²) in [6.45, 7) is 2.95. The second-order valence-corrected chi connectivity index (χ2v) is 2.99. The Morgan fingerprint density at radius 3 is 2.75 bits per heavy atom. The number of carboxylic acid groups (broad SMARTS) is 1. The molecule has 16 heavy (non-hydrogen) atoms. The third kappa shape index (κ3) is 2.32. The average Bonchev–Trinajstić information content (AvgIpc) is 2.20. The molecule has 0 fully saturated rings. The predicted octanol–water partition coefficient (Wildman–Crippen LogP) is 0.397. The molecule has 0 aromatic carbocycles. The third-order valence-corrected chi connectivity index (χ3v) is 1.86. The molecule has 1 aromatic heterocycles. The highest BCUT2D eigenvalue weighted by atomic mass is 16.6. The molecular weight excluding hydrogens is 216 g/mol. The molecule has 1 aromatic rings. The Morgan fingerprint density at radius 1 is 1.62 bits per heavy atom. The summed E-state index contributed by atoms with van der Waals surface area (Å²) < 4.78 is 0.925. The predicted molar refractivity (Wildman–Crippen MR) is 54.1 cm³/mol. The summed E-state index contributed by atoms with van der Waals surface area (Å²) in [5.74, 6) is -1.25. The van der Waals surface area contributed by atoms with Gasteiger partial charge in [-0.1, -0.05) is 6.58 Å². The standard InChI is InChI=1S/C9H8N2O5/c1-6(9(13)14)5-10-4-2-3-7(8(10)12)11(15)16/h2-4H,1,5H2,(H,13,14). The number of carboxylic acids is 1. The van der Waals surface area contributed by atoms with E-state index in [0.29, 0.717) is 0 Å². The lowest BCUT2D eigenvalue weighted by molar-refractivity contribution is -0.386. The van der Waals surface area contributed by atoms with Crippen LogP contribution in [0.4, 0.5) is 5.69 Å². The number of pyridine rings is 1. The van der Waals surface area contributed by atoms with Crippen LogP contribution >= 0.6 is 0 Å². The summed E-state index contributed by atoms with van der Waals surface area (Å²) in [7, 11) is 0. The van der Waals surface area contributed by atoms with Crippen molar-refractivity contribution in [2.24, 2.45) is 0 Å². The van der Waals surface area contributed by atoms with Crippen LogP contribution in [0, 0.1) is 10.1 Å². The van der Waals surface area contributed by atoms with Crippen molar-refractivity contribution in [1.29, 1.82) is 0 Å². The van der Waals surface area contributed by atoms with Crippen LogP contribution < -0.4 is 5.56 Å². The fourth-order valence-electron chi connectivity index (χ4n) is 1.06. The van der Waals surface area contributed by atoms with Crippen LogP contribution in [0.5, 0.6) is 0 Å². The summed E-state index contributed by atoms with van der Waals surface area (Å²) in [6.07, 6.45) is 1.27. The number of carbonyl (C=O) groups is 1. The summed E-state index contributed by atoms with van der Waals surface area (Å²) in [6, 6.07) is 2.36. The van der Waals surface area contributed by atoms with E-state index in [1.54, 1.807) is 0 Å². The summed E-state index contributed by atoms with van der Waals surface area (Å²) >= 11 is 0. The maximum absolute atomic E-state index is 11.5. The number of rotatable bonds is 4. The summed E-state index contributed by atoms with van der Waals surface area (Å²) in [5.41, 5.74) is -1.67. The molecule has 0 radical (unpaired) electrons. The van der Waals surface area contributed by atoms with Crippen molar-refractivity contribution in [1.82, 2.24) is 4.57 Å². The molecule has 0 aliphatic heterocycles. The fourth-order valence-corrected chi connectivity index (χ4v) is 1.06. The van der Waals surface area contributed by atoms with Crippen LogP contribution in [0.15, 0.2) is 35.3 Å². The van der Waals surface area contributed by atoms with E-state index in [1.807, 2.05) is 0 Å². The number of aromatic nitrogens is 1. The Morgan fingerprint density at radius 2 is 2.25 bits per heavy atom. The smallest absolute Gasteiger partial charge is 0.334 e. The Balaban J connectivity index is 3.12. The second-order valence-electron chi connectivity index (χ2n) is 2.99. The van der Waals surface area contributed by atoms with E-state index >= 15 is 0 Å². The van der Waals surface area contributed by atoms with Crippen LogP contribution in [0.1, 0.15) is 0 Å². The number of aliphatic carboxylic acids is 1. The molecule has 0 spiro atoms. The molecule has 0 atom stereocenters. The van der Waals surface area contributed by atoms with Gasteiger partial charge in [-0.25, -0.2) is 4.79 Å². The van der Waals surface area contributed by atoms with Crippen molar-refractivity contribution in [3.8, 4) is 0 Å². The minimum Gasteiger partial charge on any atom is -0.478 e. The first-order valence-electron chi connectivity index (χ1n) is 4.18. The highest BCUT2D eigenvalue weighted by molar-refractivity contribution is 5.85. The van der Waals surface area contributed by atoms with Gasteiger partial charge in [-0.3, -0.25) is 14.9 Å². The first-order valence-corrected chi connectivity index (χ1v) is 4.18. The molecule has 0 unspecified atom stereocenters. The molecule has 1 rings (SSSR count). The number of nitro groups is 1. The quantitative estimate of drug-likeness (QED) is 0.453. The minimum atomic E-state index is -1.25. The van der Waals surface area contributed by atoms with E-state index in [9.17, 15) is 19.7 Å². The topological polar surface area (TPSA) is 102 Å². The molecule has 1 N–H and O–H groups in total. The van der Waals surface area contributed by atoms with E-state index in [1.165, 1.54) is 12.3 Å². The van der Waals surface area contributed by atoms with Gasteiger partial charge in [0.25, 0.3) is 0 Å². The first kappa shape index (κ1) is 11.6. The van der Waals surface area contributed by atoms with Gasteiger partial charge in [-0.05, 0) is 6.07 Å². The van der Waals surface area contributed by atoms with Crippen molar-refractivity contribution < 1.29 is 14.8 Å². The lowest BCUT2D eigenvalue weighted by Gasteiger charge is -2.04. The molecule has 0 bridgehead atoms. The maximum atomic E-state index is 11.5. The normalized spacial score (nSPS) is 9.75. The van der Waals surface area contributed by atoms with Crippen LogP contribution in [0.25, 0.3) is 0 Å². The average molecular weight is 224 g/mol. The SMILES string of the molecule is C=C(Cn1cccc([N+](=O)[O-])c1=O)C(=O)O. The van der Waals surface area contributed by atoms with Gasteiger partial charge in [-0.2, -0.15) is 0 Å². The molecule has 0 aliphatic carbocycles. The molecule has 0 saturated heterocycles. The van der Waals surface area contributed by atoms with Crippen LogP contribution in [0.2, 0.25) is 0 Å². The molecule has 0 saturated carbocycles. The molecule has 1 heterocycles. The molecule has 0 amide bonds. The maximum Gasteiger partial charge on any atom is 0.334 e. The van der Waals surface area contributed by atoms with E-state index < -0.39 is 22.1 Å². The zero-order valence-electron chi connectivity index (χ0n) is 8.12. The highest BCUT2D eigenvalue weighted by Crippen LogP contribution is 2.03. The van der Waals surface area contributed by atoms with E-state index in [-0.39, 0.29) is 12.1 Å². The Kier molecular flexibility index (Phi) is 3.19. The third-order valence-electron chi connectivity index (χ3n) is 1.86. The molecular formula is C9H8N2O5. The van der Waals surface area contributed by atoms with Gasteiger partial charge in [0.1, 0.15) is 0 Å². The van der Waals surface area contributed by atoms with Crippen LogP contribution in [-0.2, 0) is 11.3 Å². The van der Waals surface area contributed by atoms with Gasteiger partial charge in [0.2, 0.25) is 0 Å². The van der Waals surface area contributed by atoms with Gasteiger partial charge < -0.3 is 9.67 Å². The van der Waals surface area contributed by atoms with Gasteiger partial charge in [0.15, 0.2) is 0 Å². The lowest BCUT2D eigenvalue weighted by Crippen LogP contribution is -2.23. The van der Waals surface area contributed by atoms with Gasteiger partial charge in [0, 0.05) is 17.8 Å². The van der Waals surface area contributed by atoms with E-state index in [2.05, 4.69) is 6.58 Å². The minimum absolute atomic E-state index is 0.220. The van der Waals surface area contributed by atoms with E-state index in [0.717, 1.165) is 10.6 Å². The highest BCUT2D eigenvalue weighted by Gasteiger charge is 2.14. The van der Waals surface area contributed by atoms with Crippen molar-refractivity contribution in [3.05, 3.63) is 50.9 Å². The Hall–Kier alpha value is -2.44. The Bertz CT molecular complexity index is 517. The van der Waals surface area contributed by atoms with Crippen molar-refractivity contribution >= 4 is 11.7 Å². The van der Waals surface area contributed by atoms with Gasteiger partial charge >= 0.3 is 17.2 Å². The van der Waals surface area contributed by atoms with E-state index in [4.69, 9.17) is 5.11 Å². The van der Waals surface area contributed by atoms with Gasteiger partial charge in [0.05, 0.1) is 11.5 Å². The monoisotopic (exact) mass is 224 g/mol. The molecule has 7 heteroatoms. The second kappa shape index (κ2) is 4.39. The zero-order chi connectivity index (χ0) is 12.3. The first-order chi connectivity index (χ1) is 7.43. The molecule has 0 aliphatic rings. The number of hydrogen-bond acceptors (Lipinski definition) is 4. The lowest BCUT2D eigenvalue weighted by atomic mass is 10.3. The molecule has 7 nitrogen and oxygen atoms in total. The van der Waals surface area contributed by atoms with Crippen molar-refractivity contribution in [3.63, 3.8) is 0 Å². The zero-order valence-corrected chi connectivity index (χ0v) is 8.12. The Labute approximate surface area is 89.4 Å².